The zero-order chi connectivity index (χ0) is 11.5. The van der Waals surface area contributed by atoms with Crippen LogP contribution in [0.1, 0.15) is 0 Å². The first kappa shape index (κ1) is 10.7. The Morgan fingerprint density at radius 2 is 2.50 bits per heavy atom. The maximum atomic E-state index is 11.1. The van der Waals surface area contributed by atoms with Crippen molar-refractivity contribution in [2.45, 2.75) is 6.54 Å². The molecule has 0 atom stereocenters. The minimum absolute atomic E-state index is 0.0342. The number of methoxy groups -OCH3 is 1. The highest BCUT2D eigenvalue weighted by Crippen LogP contribution is 2.22. The third-order valence-electron chi connectivity index (χ3n) is 2.13. The van der Waals surface area contributed by atoms with Gasteiger partial charge < -0.3 is 10.5 Å². The van der Waals surface area contributed by atoms with E-state index in [1.807, 2.05) is 16.8 Å². The molecule has 2 N–H and O–H groups in total. The van der Waals surface area contributed by atoms with Crippen LogP contribution in [0.5, 0.6) is 0 Å². The van der Waals surface area contributed by atoms with Crippen LogP contribution in [0, 0.1) is 0 Å². The third kappa shape index (κ3) is 2.06. The number of esters is 1. The van der Waals surface area contributed by atoms with E-state index in [2.05, 4.69) is 9.84 Å². The Kier molecular flexibility index (Phi) is 2.91. The molecule has 0 spiro atoms. The van der Waals surface area contributed by atoms with Gasteiger partial charge in [-0.1, -0.05) is 0 Å². The molecule has 16 heavy (non-hydrogen) atoms. The highest BCUT2D eigenvalue weighted by Gasteiger charge is 2.10. The van der Waals surface area contributed by atoms with Crippen LogP contribution in [0.15, 0.2) is 22.9 Å². The zero-order valence-corrected chi connectivity index (χ0v) is 9.53. The Balaban J connectivity index is 2.25. The minimum atomic E-state index is -0.369. The molecule has 0 fully saturated rings. The van der Waals surface area contributed by atoms with Gasteiger partial charge in [0.05, 0.1) is 12.8 Å². The van der Waals surface area contributed by atoms with E-state index in [0.717, 1.165) is 11.3 Å². The van der Waals surface area contributed by atoms with E-state index in [1.165, 1.54) is 11.8 Å². The first-order valence-electron chi connectivity index (χ1n) is 4.63. The molecular weight excluding hydrogens is 226 g/mol. The highest BCUT2D eigenvalue weighted by atomic mass is 32.1. The van der Waals surface area contributed by atoms with Crippen molar-refractivity contribution in [2.75, 3.05) is 12.8 Å². The van der Waals surface area contributed by atoms with Gasteiger partial charge in [-0.3, -0.25) is 4.79 Å². The van der Waals surface area contributed by atoms with E-state index in [4.69, 9.17) is 5.73 Å². The molecule has 6 heteroatoms. The predicted octanol–water partition coefficient (Wildman–Crippen LogP) is 1.37. The van der Waals surface area contributed by atoms with Crippen molar-refractivity contribution in [3.63, 3.8) is 0 Å². The Morgan fingerprint density at radius 3 is 3.12 bits per heavy atom. The van der Waals surface area contributed by atoms with E-state index in [-0.39, 0.29) is 12.5 Å². The largest absolute Gasteiger partial charge is 0.468 e. The number of rotatable bonds is 3. The van der Waals surface area contributed by atoms with E-state index < -0.39 is 0 Å². The number of thiophene rings is 1. The first-order chi connectivity index (χ1) is 7.70. The van der Waals surface area contributed by atoms with Crippen molar-refractivity contribution in [3.05, 3.63) is 22.9 Å². The predicted molar refractivity (Wildman–Crippen MR) is 62.0 cm³/mol. The molecule has 2 aromatic heterocycles. The molecule has 0 aromatic carbocycles. The van der Waals surface area contributed by atoms with Crippen molar-refractivity contribution >= 4 is 23.1 Å². The molecule has 84 valence electrons. The number of anilines is 1. The van der Waals surface area contributed by atoms with Gasteiger partial charge in [-0.25, -0.2) is 4.68 Å². The maximum absolute atomic E-state index is 11.1. The molecule has 5 nitrogen and oxygen atoms in total. The lowest BCUT2D eigenvalue weighted by Crippen LogP contribution is -2.14. The number of hydrogen-bond donors (Lipinski definition) is 1. The van der Waals surface area contributed by atoms with Crippen molar-refractivity contribution < 1.29 is 9.53 Å². The summed E-state index contributed by atoms with van der Waals surface area (Å²) in [5, 5.41) is 8.18. The lowest BCUT2D eigenvalue weighted by atomic mass is 10.2. The normalized spacial score (nSPS) is 10.3. The number of hydrogen-bond acceptors (Lipinski definition) is 5. The molecule has 0 amide bonds. The topological polar surface area (TPSA) is 70.1 Å². The van der Waals surface area contributed by atoms with Gasteiger partial charge in [0.15, 0.2) is 0 Å². The number of nitrogen functional groups attached to an aromatic ring is 1. The first-order valence-corrected chi connectivity index (χ1v) is 5.57. The summed E-state index contributed by atoms with van der Waals surface area (Å²) in [5.41, 5.74) is 7.51. The number of aromatic nitrogens is 2. The van der Waals surface area contributed by atoms with Crippen molar-refractivity contribution in [2.24, 2.45) is 0 Å². The Bertz CT molecular complexity index is 490. The number of ether oxygens (including phenoxy) is 1. The second-order valence-electron chi connectivity index (χ2n) is 3.20. The van der Waals surface area contributed by atoms with Crippen molar-refractivity contribution in [1.29, 1.82) is 0 Å². The molecule has 0 saturated heterocycles. The SMILES string of the molecule is COC(=O)Cn1nc(-c2ccsc2)cc1N. The summed E-state index contributed by atoms with van der Waals surface area (Å²) in [5.74, 6) is 0.0817. The Morgan fingerprint density at radius 1 is 1.69 bits per heavy atom. The van der Waals surface area contributed by atoms with E-state index >= 15 is 0 Å². The van der Waals surface area contributed by atoms with E-state index in [9.17, 15) is 4.79 Å². The van der Waals surface area contributed by atoms with Crippen LogP contribution >= 0.6 is 11.3 Å². The monoisotopic (exact) mass is 237 g/mol. The molecule has 0 unspecified atom stereocenters. The van der Waals surface area contributed by atoms with Gasteiger partial charge in [-0.05, 0) is 11.4 Å². The standard InChI is InChI=1S/C10H11N3O2S/c1-15-10(14)5-13-9(11)4-8(12-13)7-2-3-16-6-7/h2-4,6H,5,11H2,1H3. The molecular formula is C10H11N3O2S. The van der Waals surface area contributed by atoms with Gasteiger partial charge in [0, 0.05) is 17.0 Å². The summed E-state index contributed by atoms with van der Waals surface area (Å²) in [4.78, 5) is 11.1. The minimum Gasteiger partial charge on any atom is -0.468 e. The number of nitrogens with zero attached hydrogens (tertiary/aromatic N) is 2. The van der Waals surface area contributed by atoms with Crippen molar-refractivity contribution in [3.8, 4) is 11.3 Å². The Labute approximate surface area is 96.4 Å². The molecule has 0 aliphatic rings. The molecule has 2 rings (SSSR count). The molecule has 2 aromatic rings. The van der Waals surface area contributed by atoms with Crippen LogP contribution in [-0.4, -0.2) is 22.9 Å². The van der Waals surface area contributed by atoms with Gasteiger partial charge in [0.1, 0.15) is 12.4 Å². The fourth-order valence-electron chi connectivity index (χ4n) is 1.30. The Hall–Kier alpha value is -1.82. The average Bonchev–Trinajstić information content (AvgIpc) is 2.88. The lowest BCUT2D eigenvalue weighted by molar-refractivity contribution is -0.141. The maximum Gasteiger partial charge on any atom is 0.327 e. The highest BCUT2D eigenvalue weighted by molar-refractivity contribution is 7.08. The number of carbonyl (C=O) groups excluding carboxylic acids is 1. The van der Waals surface area contributed by atoms with Crippen LogP contribution in [0.3, 0.4) is 0 Å². The fourth-order valence-corrected chi connectivity index (χ4v) is 1.95. The summed E-state index contributed by atoms with van der Waals surface area (Å²) in [7, 11) is 1.34. The smallest absolute Gasteiger partial charge is 0.327 e. The van der Waals surface area contributed by atoms with Crippen LogP contribution in [0.2, 0.25) is 0 Å². The van der Waals surface area contributed by atoms with Gasteiger partial charge in [0.25, 0.3) is 0 Å². The van der Waals surface area contributed by atoms with E-state index in [0.29, 0.717) is 5.82 Å². The van der Waals surface area contributed by atoms with Crippen LogP contribution < -0.4 is 5.73 Å². The molecule has 0 saturated carbocycles. The summed E-state index contributed by atoms with van der Waals surface area (Å²) in [6.07, 6.45) is 0. The van der Waals surface area contributed by atoms with Crippen molar-refractivity contribution in [1.82, 2.24) is 9.78 Å². The quantitative estimate of drug-likeness (QED) is 0.818. The van der Waals surface area contributed by atoms with Crippen LogP contribution in [-0.2, 0) is 16.1 Å². The number of nitrogens with two attached hydrogens (primary N) is 1. The lowest BCUT2D eigenvalue weighted by Gasteiger charge is -2.01. The number of carbonyl (C=O) groups is 1. The molecule has 0 bridgehead atoms. The molecule has 0 aliphatic carbocycles. The second kappa shape index (κ2) is 4.36. The van der Waals surface area contributed by atoms with Gasteiger partial charge >= 0.3 is 5.97 Å². The van der Waals surface area contributed by atoms with Gasteiger partial charge in [0.2, 0.25) is 0 Å². The summed E-state index contributed by atoms with van der Waals surface area (Å²) in [6, 6.07) is 3.69. The average molecular weight is 237 g/mol. The summed E-state index contributed by atoms with van der Waals surface area (Å²) >= 11 is 1.59. The second-order valence-corrected chi connectivity index (χ2v) is 3.98. The zero-order valence-electron chi connectivity index (χ0n) is 8.71. The molecule has 0 radical (unpaired) electrons. The van der Waals surface area contributed by atoms with Crippen LogP contribution in [0.4, 0.5) is 5.82 Å². The molecule has 0 aliphatic heterocycles. The summed E-state index contributed by atoms with van der Waals surface area (Å²) in [6.45, 7) is 0.0342. The van der Waals surface area contributed by atoms with Crippen LogP contribution in [0.25, 0.3) is 11.3 Å². The fraction of sp³-hybridized carbons (Fsp3) is 0.200. The van der Waals surface area contributed by atoms with Gasteiger partial charge in [-0.2, -0.15) is 16.4 Å². The van der Waals surface area contributed by atoms with Gasteiger partial charge in [-0.15, -0.1) is 0 Å². The van der Waals surface area contributed by atoms with E-state index in [1.54, 1.807) is 17.4 Å². The molecule has 2 heterocycles. The third-order valence-corrected chi connectivity index (χ3v) is 2.82. The summed E-state index contributed by atoms with van der Waals surface area (Å²) < 4.78 is 5.99.